The van der Waals surface area contributed by atoms with E-state index in [1.165, 1.54) is 0 Å². The number of aliphatic hydroxyl groups excluding tert-OH is 1. The van der Waals surface area contributed by atoms with Gasteiger partial charge in [-0.2, -0.15) is 0 Å². The van der Waals surface area contributed by atoms with E-state index in [1.54, 1.807) is 17.0 Å². The van der Waals surface area contributed by atoms with Crippen LogP contribution in [-0.4, -0.2) is 66.9 Å². The van der Waals surface area contributed by atoms with E-state index in [0.717, 1.165) is 10.0 Å². The van der Waals surface area contributed by atoms with Crippen molar-refractivity contribution in [3.63, 3.8) is 0 Å². The SMILES string of the molecule is [N-]=[N+]=Nc1ccccc1C[C@@]1(C(=O)N2CCOCC2)N=C(c2ccc(OCCCO)cc2)O[C@@H]1c1ccc(Br)cc1. The summed E-state index contributed by atoms with van der Waals surface area (Å²) in [6.45, 7) is 2.22. The Morgan fingerprint density at radius 1 is 1.12 bits per heavy atom. The van der Waals surface area contributed by atoms with Gasteiger partial charge in [0.25, 0.3) is 5.91 Å². The summed E-state index contributed by atoms with van der Waals surface area (Å²) in [4.78, 5) is 24.4. The number of morpholine rings is 1. The Morgan fingerprint density at radius 3 is 2.56 bits per heavy atom. The van der Waals surface area contributed by atoms with Crippen molar-refractivity contribution < 1.29 is 24.1 Å². The van der Waals surface area contributed by atoms with Gasteiger partial charge in [-0.05, 0) is 53.1 Å². The first-order chi connectivity index (χ1) is 20.0. The van der Waals surface area contributed by atoms with Gasteiger partial charge in [0, 0.05) is 53.2 Å². The minimum atomic E-state index is -1.38. The lowest BCUT2D eigenvalue weighted by molar-refractivity contribution is -0.143. The Balaban J connectivity index is 1.62. The number of benzene rings is 3. The van der Waals surface area contributed by atoms with Gasteiger partial charge >= 0.3 is 0 Å². The van der Waals surface area contributed by atoms with E-state index in [4.69, 9.17) is 24.3 Å². The van der Waals surface area contributed by atoms with Crippen LogP contribution in [0.5, 0.6) is 5.75 Å². The van der Waals surface area contributed by atoms with Crippen LogP contribution in [-0.2, 0) is 20.7 Å². The van der Waals surface area contributed by atoms with E-state index >= 15 is 0 Å². The monoisotopic (exact) mass is 619 g/mol. The second-order valence-corrected chi connectivity index (χ2v) is 10.7. The molecule has 3 aromatic rings. The first-order valence-electron chi connectivity index (χ1n) is 13.4. The molecule has 11 heteroatoms. The van der Waals surface area contributed by atoms with Crippen molar-refractivity contribution >= 4 is 33.4 Å². The molecule has 41 heavy (non-hydrogen) atoms. The zero-order chi connectivity index (χ0) is 28.7. The van der Waals surface area contributed by atoms with Gasteiger partial charge in [0.1, 0.15) is 5.75 Å². The quantitative estimate of drug-likeness (QED) is 0.138. The molecule has 212 valence electrons. The molecule has 0 radical (unpaired) electrons. The molecule has 0 spiro atoms. The summed E-state index contributed by atoms with van der Waals surface area (Å²) in [7, 11) is 0. The number of carbonyl (C=O) groups is 1. The fourth-order valence-electron chi connectivity index (χ4n) is 5.04. The van der Waals surface area contributed by atoms with Crippen molar-refractivity contribution in [3.05, 3.63) is 104 Å². The lowest BCUT2D eigenvalue weighted by Crippen LogP contribution is -2.54. The van der Waals surface area contributed by atoms with Crippen LogP contribution >= 0.6 is 15.9 Å². The van der Waals surface area contributed by atoms with Crippen LogP contribution in [0.25, 0.3) is 10.4 Å². The Hall–Kier alpha value is -3.89. The van der Waals surface area contributed by atoms with E-state index in [2.05, 4.69) is 26.0 Å². The average Bonchev–Trinajstić information content (AvgIpc) is 3.39. The normalized spacial score (nSPS) is 20.1. The van der Waals surface area contributed by atoms with Gasteiger partial charge in [-0.25, -0.2) is 4.99 Å². The van der Waals surface area contributed by atoms with E-state index in [9.17, 15) is 10.3 Å². The maximum atomic E-state index is 14.6. The maximum absolute atomic E-state index is 14.6. The van der Waals surface area contributed by atoms with Crippen LogP contribution < -0.4 is 4.74 Å². The van der Waals surface area contributed by atoms with Crippen LogP contribution in [0.1, 0.15) is 29.2 Å². The zero-order valence-corrected chi connectivity index (χ0v) is 23.9. The van der Waals surface area contributed by atoms with Gasteiger partial charge in [0.05, 0.1) is 19.8 Å². The maximum Gasteiger partial charge on any atom is 0.255 e. The number of halogens is 1. The Morgan fingerprint density at radius 2 is 1.85 bits per heavy atom. The number of carbonyl (C=O) groups excluding carboxylic acids is 1. The van der Waals surface area contributed by atoms with Gasteiger partial charge in [-0.3, -0.25) is 4.79 Å². The highest BCUT2D eigenvalue weighted by Gasteiger charge is 2.55. The van der Waals surface area contributed by atoms with E-state index in [0.29, 0.717) is 67.8 Å². The molecular formula is C30H30BrN5O5. The number of aliphatic hydroxyl groups is 1. The molecule has 0 saturated carbocycles. The lowest BCUT2D eigenvalue weighted by atomic mass is 9.81. The smallest absolute Gasteiger partial charge is 0.255 e. The molecule has 0 aromatic heterocycles. The lowest BCUT2D eigenvalue weighted by Gasteiger charge is -2.37. The van der Waals surface area contributed by atoms with Gasteiger partial charge in [-0.1, -0.05) is 57.4 Å². The minimum Gasteiger partial charge on any atom is -0.494 e. The van der Waals surface area contributed by atoms with Crippen LogP contribution in [0.2, 0.25) is 0 Å². The Labute approximate surface area is 246 Å². The molecule has 3 aromatic carbocycles. The number of hydrogen-bond donors (Lipinski definition) is 1. The molecule has 0 unspecified atom stereocenters. The highest BCUT2D eigenvalue weighted by molar-refractivity contribution is 9.10. The van der Waals surface area contributed by atoms with E-state index in [-0.39, 0.29) is 18.9 Å². The standard InChI is InChI=1S/C30H30BrN5O5/c31-24-10-6-21(7-11-24)27-30(29(38)36-14-18-39-19-15-36,20-23-4-1-2-5-26(23)34-35-32)33-28(41-27)22-8-12-25(13-9-22)40-17-3-16-37/h1-2,4-13,27,37H,3,14-20H2/t27-,30-/m1/s1. The molecule has 1 N–H and O–H groups in total. The molecule has 1 fully saturated rings. The van der Waals surface area contributed by atoms with E-state index in [1.807, 2.05) is 60.7 Å². The molecule has 1 saturated heterocycles. The molecule has 0 aliphatic carbocycles. The van der Waals surface area contributed by atoms with Crippen molar-refractivity contribution in [2.75, 3.05) is 39.5 Å². The number of rotatable bonds is 10. The van der Waals surface area contributed by atoms with Crippen LogP contribution in [0.4, 0.5) is 5.69 Å². The van der Waals surface area contributed by atoms with Crippen molar-refractivity contribution in [3.8, 4) is 5.75 Å². The van der Waals surface area contributed by atoms with Crippen molar-refractivity contribution in [2.45, 2.75) is 24.5 Å². The molecule has 1 amide bonds. The van der Waals surface area contributed by atoms with Gasteiger partial charge in [-0.15, -0.1) is 0 Å². The summed E-state index contributed by atoms with van der Waals surface area (Å²) >= 11 is 3.50. The molecule has 2 aliphatic rings. The number of azide groups is 1. The third kappa shape index (κ3) is 6.39. The second kappa shape index (κ2) is 13.2. The Bertz CT molecular complexity index is 1440. The fraction of sp³-hybridized carbons (Fsp3) is 0.333. The highest BCUT2D eigenvalue weighted by atomic mass is 79.9. The fourth-order valence-corrected chi connectivity index (χ4v) is 5.31. The number of ether oxygens (including phenoxy) is 3. The summed E-state index contributed by atoms with van der Waals surface area (Å²) in [6, 6.07) is 22.2. The second-order valence-electron chi connectivity index (χ2n) is 9.74. The zero-order valence-electron chi connectivity index (χ0n) is 22.4. The van der Waals surface area contributed by atoms with Crippen LogP contribution in [0.15, 0.2) is 87.4 Å². The molecule has 2 heterocycles. The molecular weight excluding hydrogens is 590 g/mol. The Kier molecular flexibility index (Phi) is 9.21. The third-order valence-electron chi connectivity index (χ3n) is 7.08. The topological polar surface area (TPSA) is 129 Å². The van der Waals surface area contributed by atoms with Gasteiger partial charge < -0.3 is 24.2 Å². The minimum absolute atomic E-state index is 0.0578. The third-order valence-corrected chi connectivity index (χ3v) is 7.61. The molecule has 5 rings (SSSR count). The van der Waals surface area contributed by atoms with Crippen molar-refractivity contribution in [1.29, 1.82) is 0 Å². The number of nitrogens with zero attached hydrogens (tertiary/aromatic N) is 5. The van der Waals surface area contributed by atoms with Gasteiger partial charge in [0.15, 0.2) is 11.6 Å². The molecule has 2 aliphatic heterocycles. The van der Waals surface area contributed by atoms with Crippen molar-refractivity contribution in [2.24, 2.45) is 10.1 Å². The van der Waals surface area contributed by atoms with E-state index < -0.39 is 11.6 Å². The average molecular weight is 621 g/mol. The number of aliphatic imine (C=N–C) groups is 1. The van der Waals surface area contributed by atoms with Crippen LogP contribution in [0, 0.1) is 0 Å². The first kappa shape index (κ1) is 28.6. The molecule has 2 atom stereocenters. The summed E-state index contributed by atoms with van der Waals surface area (Å²) in [5.74, 6) is 0.815. The molecule has 10 nitrogen and oxygen atoms in total. The predicted molar refractivity (Wildman–Crippen MR) is 157 cm³/mol. The summed E-state index contributed by atoms with van der Waals surface area (Å²) in [6.07, 6.45) is -0.0542. The van der Waals surface area contributed by atoms with Gasteiger partial charge in [0.2, 0.25) is 5.90 Å². The predicted octanol–water partition coefficient (Wildman–Crippen LogP) is 5.51. The molecule has 0 bridgehead atoms. The number of hydrogen-bond acceptors (Lipinski definition) is 7. The number of amides is 1. The summed E-state index contributed by atoms with van der Waals surface area (Å²) < 4.78 is 18.7. The van der Waals surface area contributed by atoms with Crippen LogP contribution in [0.3, 0.4) is 0 Å². The highest BCUT2D eigenvalue weighted by Crippen LogP contribution is 2.45. The summed E-state index contributed by atoms with van der Waals surface area (Å²) in [5, 5.41) is 12.9. The largest absolute Gasteiger partial charge is 0.494 e. The summed E-state index contributed by atoms with van der Waals surface area (Å²) in [5.41, 5.74) is 10.4. The van der Waals surface area contributed by atoms with Crippen molar-refractivity contribution in [1.82, 2.24) is 4.90 Å². The first-order valence-corrected chi connectivity index (χ1v) is 14.2.